The van der Waals surface area contributed by atoms with E-state index in [-0.39, 0.29) is 40.8 Å². The lowest BCUT2D eigenvalue weighted by Gasteiger charge is -2.55. The van der Waals surface area contributed by atoms with Crippen LogP contribution in [-0.4, -0.2) is 29.9 Å². The van der Waals surface area contributed by atoms with Gasteiger partial charge >= 0.3 is 5.97 Å². The number of ether oxygens (including phenoxy) is 2. The summed E-state index contributed by atoms with van der Waals surface area (Å²) in [6.07, 6.45) is 10.8. The maximum Gasteiger partial charge on any atom is 0.302 e. The molecule has 3 unspecified atom stereocenters. The lowest BCUT2D eigenvalue weighted by atomic mass is 9.51. The van der Waals surface area contributed by atoms with Crippen LogP contribution in [0.15, 0.2) is 42.5 Å². The monoisotopic (exact) mass is 466 g/mol. The van der Waals surface area contributed by atoms with Gasteiger partial charge in [0, 0.05) is 18.8 Å². The van der Waals surface area contributed by atoms with Crippen molar-refractivity contribution in [3.05, 3.63) is 48.1 Å². The van der Waals surface area contributed by atoms with Crippen molar-refractivity contribution in [2.45, 2.75) is 84.8 Å². The van der Waals surface area contributed by atoms with Gasteiger partial charge in [0.1, 0.15) is 11.9 Å². The highest BCUT2D eigenvalue weighted by Gasteiger charge is 2.58. The fraction of sp³-hybridized carbons (Fsp3) is 0.633. The van der Waals surface area contributed by atoms with E-state index in [1.54, 1.807) is 6.92 Å². The SMILES string of the molecule is C=C1CCC2C(OC(C)=O)C([C@@]3(C)CC[C@H](O)C[C@@H]3C=Cc3ccc(OCC)cc3)CC[C@]12C. The number of rotatable bonds is 6. The Morgan fingerprint density at radius 3 is 2.56 bits per heavy atom. The van der Waals surface area contributed by atoms with Crippen molar-refractivity contribution in [3.63, 3.8) is 0 Å². The minimum Gasteiger partial charge on any atom is -0.494 e. The highest BCUT2D eigenvalue weighted by Crippen LogP contribution is 2.62. The summed E-state index contributed by atoms with van der Waals surface area (Å²) in [5.41, 5.74) is 2.48. The first-order chi connectivity index (χ1) is 16.2. The van der Waals surface area contributed by atoms with E-state index in [1.807, 2.05) is 19.1 Å². The smallest absolute Gasteiger partial charge is 0.302 e. The summed E-state index contributed by atoms with van der Waals surface area (Å²) in [7, 11) is 0. The number of aliphatic hydroxyl groups is 1. The zero-order valence-corrected chi connectivity index (χ0v) is 21.4. The lowest BCUT2D eigenvalue weighted by molar-refractivity contribution is -0.171. The molecule has 1 aromatic carbocycles. The summed E-state index contributed by atoms with van der Waals surface area (Å²) < 4.78 is 11.7. The van der Waals surface area contributed by atoms with E-state index < -0.39 is 0 Å². The van der Waals surface area contributed by atoms with Crippen LogP contribution in [0, 0.1) is 28.6 Å². The molecule has 0 aromatic heterocycles. The predicted molar refractivity (Wildman–Crippen MR) is 136 cm³/mol. The molecule has 34 heavy (non-hydrogen) atoms. The third-order valence-corrected chi connectivity index (χ3v) is 9.40. The van der Waals surface area contributed by atoms with E-state index in [2.05, 4.69) is 44.7 Å². The number of hydrogen-bond donors (Lipinski definition) is 1. The molecule has 0 saturated heterocycles. The Kier molecular flexibility index (Phi) is 7.28. The second kappa shape index (κ2) is 9.89. The molecule has 7 atom stereocenters. The van der Waals surface area contributed by atoms with Crippen LogP contribution >= 0.6 is 0 Å². The molecule has 1 aromatic rings. The summed E-state index contributed by atoms with van der Waals surface area (Å²) in [6.45, 7) is 13.3. The molecule has 4 rings (SSSR count). The number of esters is 1. The van der Waals surface area contributed by atoms with E-state index in [4.69, 9.17) is 9.47 Å². The average Bonchev–Trinajstić information content (AvgIpc) is 3.10. The average molecular weight is 467 g/mol. The first-order valence-corrected chi connectivity index (χ1v) is 13.1. The second-order valence-corrected chi connectivity index (χ2v) is 11.3. The predicted octanol–water partition coefficient (Wildman–Crippen LogP) is 6.58. The van der Waals surface area contributed by atoms with Gasteiger partial charge in [-0.2, -0.15) is 0 Å². The van der Waals surface area contributed by atoms with Crippen molar-refractivity contribution in [2.75, 3.05) is 6.61 Å². The van der Waals surface area contributed by atoms with Crippen LogP contribution in [0.3, 0.4) is 0 Å². The zero-order chi connectivity index (χ0) is 24.5. The van der Waals surface area contributed by atoms with Crippen molar-refractivity contribution >= 4 is 12.0 Å². The number of benzene rings is 1. The Morgan fingerprint density at radius 1 is 1.15 bits per heavy atom. The molecule has 0 spiro atoms. The minimum atomic E-state index is -0.282. The molecule has 186 valence electrons. The number of hydrogen-bond acceptors (Lipinski definition) is 4. The van der Waals surface area contributed by atoms with Crippen molar-refractivity contribution in [1.29, 1.82) is 0 Å². The van der Waals surface area contributed by atoms with Crippen LogP contribution in [0.5, 0.6) is 5.75 Å². The zero-order valence-electron chi connectivity index (χ0n) is 21.4. The Balaban J connectivity index is 1.62. The van der Waals surface area contributed by atoms with Crippen molar-refractivity contribution < 1.29 is 19.4 Å². The first kappa shape index (κ1) is 25.0. The van der Waals surface area contributed by atoms with Crippen molar-refractivity contribution in [3.8, 4) is 5.75 Å². The van der Waals surface area contributed by atoms with Gasteiger partial charge in [0.2, 0.25) is 0 Å². The van der Waals surface area contributed by atoms with Crippen LogP contribution in [0.2, 0.25) is 0 Å². The number of allylic oxidation sites excluding steroid dienone is 2. The summed E-state index contributed by atoms with van der Waals surface area (Å²) in [5.74, 6) is 1.53. The number of carbonyl (C=O) groups excluding carboxylic acids is 1. The van der Waals surface area contributed by atoms with Gasteiger partial charge < -0.3 is 14.6 Å². The highest BCUT2D eigenvalue weighted by molar-refractivity contribution is 5.66. The Labute approximate surface area is 205 Å². The quantitative estimate of drug-likeness (QED) is 0.380. The second-order valence-electron chi connectivity index (χ2n) is 11.3. The Morgan fingerprint density at radius 2 is 1.88 bits per heavy atom. The van der Waals surface area contributed by atoms with E-state index in [1.165, 1.54) is 5.57 Å². The molecule has 0 radical (unpaired) electrons. The van der Waals surface area contributed by atoms with Gasteiger partial charge in [-0.1, -0.05) is 50.3 Å². The summed E-state index contributed by atoms with van der Waals surface area (Å²) >= 11 is 0. The van der Waals surface area contributed by atoms with Gasteiger partial charge in [-0.05, 0) is 86.3 Å². The molecule has 0 heterocycles. The molecule has 4 heteroatoms. The molecule has 3 saturated carbocycles. The van der Waals surface area contributed by atoms with E-state index in [0.717, 1.165) is 56.3 Å². The Bertz CT molecular complexity index is 918. The van der Waals surface area contributed by atoms with E-state index in [0.29, 0.717) is 12.5 Å². The van der Waals surface area contributed by atoms with Crippen LogP contribution in [-0.2, 0) is 9.53 Å². The van der Waals surface area contributed by atoms with Gasteiger partial charge in [-0.3, -0.25) is 4.79 Å². The maximum atomic E-state index is 12.2. The van der Waals surface area contributed by atoms with Gasteiger partial charge in [0.25, 0.3) is 0 Å². The third-order valence-electron chi connectivity index (χ3n) is 9.40. The van der Waals surface area contributed by atoms with E-state index >= 15 is 0 Å². The first-order valence-electron chi connectivity index (χ1n) is 13.1. The lowest BCUT2D eigenvalue weighted by Crippen LogP contribution is -2.53. The Hall–Kier alpha value is -2.07. The van der Waals surface area contributed by atoms with Crippen LogP contribution in [0.1, 0.15) is 78.2 Å². The molecule has 3 aliphatic carbocycles. The molecule has 0 aliphatic heterocycles. The minimum absolute atomic E-state index is 0.0354. The molecule has 3 fully saturated rings. The van der Waals surface area contributed by atoms with E-state index in [9.17, 15) is 9.90 Å². The van der Waals surface area contributed by atoms with Gasteiger partial charge in [-0.25, -0.2) is 0 Å². The third kappa shape index (κ3) is 4.71. The normalized spacial score (nSPS) is 38.0. The molecule has 4 nitrogen and oxygen atoms in total. The molecule has 0 amide bonds. The summed E-state index contributed by atoms with van der Waals surface area (Å²) in [6, 6.07) is 8.17. The van der Waals surface area contributed by atoms with Gasteiger partial charge in [0.05, 0.1) is 12.7 Å². The summed E-state index contributed by atoms with van der Waals surface area (Å²) in [4.78, 5) is 12.2. The molecule has 0 bridgehead atoms. The standard InChI is InChI=1S/C30H42O4/c1-6-33-25-12-9-22(10-13-25)8-11-23-19-24(32)15-17-30(23,5)27-16-18-29(4)20(2)7-14-26(29)28(27)34-21(3)31/h8-13,23-24,26-28,32H,2,6-7,14-19H2,1,3-5H3/t23-,24-,26?,27?,28?,29+,30-/m0/s1. The number of aliphatic hydroxyl groups excluding tert-OH is 1. The van der Waals surface area contributed by atoms with Gasteiger partial charge in [-0.15, -0.1) is 0 Å². The van der Waals surface area contributed by atoms with Crippen LogP contribution in [0.4, 0.5) is 0 Å². The van der Waals surface area contributed by atoms with Crippen LogP contribution < -0.4 is 4.74 Å². The van der Waals surface area contributed by atoms with Crippen molar-refractivity contribution in [2.24, 2.45) is 28.6 Å². The summed E-state index contributed by atoms with van der Waals surface area (Å²) in [5, 5.41) is 10.6. The highest BCUT2D eigenvalue weighted by atomic mass is 16.5. The fourth-order valence-electron chi connectivity index (χ4n) is 7.22. The molecular formula is C30H42O4. The molecular weight excluding hydrogens is 424 g/mol. The van der Waals surface area contributed by atoms with Crippen LogP contribution in [0.25, 0.3) is 6.08 Å². The number of fused-ring (bicyclic) bond motifs is 1. The maximum absolute atomic E-state index is 12.2. The molecule has 3 aliphatic rings. The molecule has 1 N–H and O–H groups in total. The van der Waals surface area contributed by atoms with Gasteiger partial charge in [0.15, 0.2) is 0 Å². The fourth-order valence-corrected chi connectivity index (χ4v) is 7.22. The number of carbonyl (C=O) groups is 1. The largest absolute Gasteiger partial charge is 0.494 e. The topological polar surface area (TPSA) is 55.8 Å². The van der Waals surface area contributed by atoms with Crippen molar-refractivity contribution in [1.82, 2.24) is 0 Å².